The third kappa shape index (κ3) is 7.40. The Hall–Kier alpha value is -3.23. The number of benzene rings is 2. The molecule has 0 radical (unpaired) electrons. The highest BCUT2D eigenvalue weighted by Crippen LogP contribution is 2.13. The Morgan fingerprint density at radius 2 is 1.70 bits per heavy atom. The standard InChI is InChI=1S/C25H31N3O5/c29-22(16-26-20-13-7-8-14-28(25(20)33)17-23(30)31)21(15-18-9-3-1-4-10-18)27-24(32)19-11-5-2-6-12-19/h1-6,9-12,20-22,26,29H,7-8,13-17H2,(H,27,32)(H,30,31)/t20?,21?,22-/m0/s1. The fourth-order valence-corrected chi connectivity index (χ4v) is 4.01. The lowest BCUT2D eigenvalue weighted by molar-refractivity contribution is -0.145. The normalized spacial score (nSPS) is 18.3. The molecule has 176 valence electrons. The van der Waals surface area contributed by atoms with Gasteiger partial charge in [-0.2, -0.15) is 0 Å². The zero-order valence-electron chi connectivity index (χ0n) is 18.5. The minimum Gasteiger partial charge on any atom is -0.480 e. The first-order chi connectivity index (χ1) is 15.9. The Morgan fingerprint density at radius 1 is 1.03 bits per heavy atom. The van der Waals surface area contributed by atoms with E-state index in [1.165, 1.54) is 4.90 Å². The van der Waals surface area contributed by atoms with Gasteiger partial charge in [-0.05, 0) is 43.4 Å². The zero-order valence-corrected chi connectivity index (χ0v) is 18.5. The smallest absolute Gasteiger partial charge is 0.323 e. The van der Waals surface area contributed by atoms with Gasteiger partial charge in [-0.15, -0.1) is 0 Å². The fourth-order valence-electron chi connectivity index (χ4n) is 4.01. The molecule has 2 aromatic carbocycles. The molecule has 8 nitrogen and oxygen atoms in total. The maximum atomic E-state index is 12.8. The minimum absolute atomic E-state index is 0.0872. The number of carbonyl (C=O) groups is 3. The van der Waals surface area contributed by atoms with E-state index in [-0.39, 0.29) is 24.9 Å². The van der Waals surface area contributed by atoms with Crippen molar-refractivity contribution < 1.29 is 24.6 Å². The van der Waals surface area contributed by atoms with E-state index in [9.17, 15) is 19.5 Å². The van der Waals surface area contributed by atoms with Gasteiger partial charge in [-0.3, -0.25) is 14.4 Å². The van der Waals surface area contributed by atoms with Crippen molar-refractivity contribution in [1.29, 1.82) is 0 Å². The van der Waals surface area contributed by atoms with Crippen molar-refractivity contribution in [3.63, 3.8) is 0 Å². The van der Waals surface area contributed by atoms with Crippen molar-refractivity contribution in [2.45, 2.75) is 43.9 Å². The Bertz CT molecular complexity index is 922. The highest BCUT2D eigenvalue weighted by Gasteiger charge is 2.30. The molecule has 0 saturated carbocycles. The van der Waals surface area contributed by atoms with Crippen LogP contribution in [0.1, 0.15) is 35.2 Å². The van der Waals surface area contributed by atoms with Crippen LogP contribution in [0, 0.1) is 0 Å². The number of likely N-dealkylation sites (tertiary alicyclic amines) is 1. The molecule has 0 spiro atoms. The van der Waals surface area contributed by atoms with Gasteiger partial charge in [0.1, 0.15) is 6.54 Å². The lowest BCUT2D eigenvalue weighted by atomic mass is 10.00. The van der Waals surface area contributed by atoms with Crippen LogP contribution in [0.3, 0.4) is 0 Å². The molecule has 1 saturated heterocycles. The molecule has 0 aromatic heterocycles. The van der Waals surface area contributed by atoms with E-state index in [1.54, 1.807) is 24.3 Å². The summed E-state index contributed by atoms with van der Waals surface area (Å²) in [5.41, 5.74) is 1.46. The number of nitrogens with one attached hydrogen (secondary N) is 2. The van der Waals surface area contributed by atoms with Crippen molar-refractivity contribution in [2.24, 2.45) is 0 Å². The van der Waals surface area contributed by atoms with Gasteiger partial charge < -0.3 is 25.7 Å². The average molecular weight is 454 g/mol. The third-order valence-electron chi connectivity index (χ3n) is 5.80. The molecule has 3 rings (SSSR count). The molecular weight excluding hydrogens is 422 g/mol. The van der Waals surface area contributed by atoms with Crippen LogP contribution in [0.15, 0.2) is 60.7 Å². The number of hydrogen-bond donors (Lipinski definition) is 4. The summed E-state index contributed by atoms with van der Waals surface area (Å²) in [6.07, 6.45) is 1.56. The van der Waals surface area contributed by atoms with Crippen LogP contribution < -0.4 is 10.6 Å². The van der Waals surface area contributed by atoms with E-state index in [1.807, 2.05) is 36.4 Å². The van der Waals surface area contributed by atoms with E-state index in [0.29, 0.717) is 24.9 Å². The molecule has 1 aliphatic heterocycles. The molecule has 2 aromatic rings. The Balaban J connectivity index is 1.67. The van der Waals surface area contributed by atoms with Crippen LogP contribution in [-0.4, -0.2) is 70.7 Å². The molecule has 33 heavy (non-hydrogen) atoms. The number of carbonyl (C=O) groups excluding carboxylic acids is 2. The Labute approximate surface area is 193 Å². The minimum atomic E-state index is -1.05. The molecule has 1 aliphatic rings. The average Bonchev–Trinajstić information content (AvgIpc) is 2.99. The largest absolute Gasteiger partial charge is 0.480 e. The van der Waals surface area contributed by atoms with E-state index < -0.39 is 24.2 Å². The van der Waals surface area contributed by atoms with Gasteiger partial charge in [0, 0.05) is 18.7 Å². The zero-order chi connectivity index (χ0) is 23.6. The van der Waals surface area contributed by atoms with Gasteiger partial charge in [0.05, 0.1) is 18.2 Å². The monoisotopic (exact) mass is 453 g/mol. The van der Waals surface area contributed by atoms with Gasteiger partial charge >= 0.3 is 5.97 Å². The van der Waals surface area contributed by atoms with Crippen LogP contribution in [0.25, 0.3) is 0 Å². The second kappa shape index (κ2) is 12.1. The molecule has 1 fully saturated rings. The van der Waals surface area contributed by atoms with Gasteiger partial charge in [-0.1, -0.05) is 48.5 Å². The predicted octanol–water partition coefficient (Wildman–Crippen LogP) is 1.44. The van der Waals surface area contributed by atoms with Crippen molar-refractivity contribution in [3.05, 3.63) is 71.8 Å². The molecule has 4 N–H and O–H groups in total. The van der Waals surface area contributed by atoms with E-state index >= 15 is 0 Å². The van der Waals surface area contributed by atoms with Crippen LogP contribution in [0.5, 0.6) is 0 Å². The molecule has 3 atom stereocenters. The number of carboxylic acid groups (broad SMARTS) is 1. The summed E-state index contributed by atoms with van der Waals surface area (Å²) >= 11 is 0. The SMILES string of the molecule is O=C(O)CN1CCCCC(NC[C@H](O)C(Cc2ccccc2)NC(=O)c2ccccc2)C1=O. The quantitative estimate of drug-likeness (QED) is 0.432. The Kier molecular flexibility index (Phi) is 8.97. The maximum Gasteiger partial charge on any atom is 0.323 e. The summed E-state index contributed by atoms with van der Waals surface area (Å²) in [5.74, 6) is -1.60. The fraction of sp³-hybridized carbons (Fsp3) is 0.400. The highest BCUT2D eigenvalue weighted by atomic mass is 16.4. The molecular formula is C25H31N3O5. The van der Waals surface area contributed by atoms with Crippen LogP contribution >= 0.6 is 0 Å². The summed E-state index contributed by atoms with van der Waals surface area (Å²) in [5, 5.41) is 26.1. The number of nitrogens with zero attached hydrogens (tertiary/aromatic N) is 1. The van der Waals surface area contributed by atoms with Crippen molar-refractivity contribution in [3.8, 4) is 0 Å². The molecule has 0 bridgehead atoms. The van der Waals surface area contributed by atoms with Crippen molar-refractivity contribution in [1.82, 2.24) is 15.5 Å². The van der Waals surface area contributed by atoms with Crippen LogP contribution in [0.2, 0.25) is 0 Å². The maximum absolute atomic E-state index is 12.8. The van der Waals surface area contributed by atoms with Crippen molar-refractivity contribution in [2.75, 3.05) is 19.6 Å². The Morgan fingerprint density at radius 3 is 2.36 bits per heavy atom. The van der Waals surface area contributed by atoms with Gasteiger partial charge in [-0.25, -0.2) is 0 Å². The van der Waals surface area contributed by atoms with E-state index in [0.717, 1.165) is 18.4 Å². The summed E-state index contributed by atoms with van der Waals surface area (Å²) < 4.78 is 0. The number of carboxylic acids is 1. The number of aliphatic hydroxyl groups is 1. The molecule has 1 heterocycles. The van der Waals surface area contributed by atoms with Crippen molar-refractivity contribution >= 4 is 17.8 Å². The number of amides is 2. The lowest BCUT2D eigenvalue weighted by Crippen LogP contribution is -2.53. The van der Waals surface area contributed by atoms with Crippen LogP contribution in [0.4, 0.5) is 0 Å². The first-order valence-electron chi connectivity index (χ1n) is 11.3. The van der Waals surface area contributed by atoms with E-state index in [2.05, 4.69) is 10.6 Å². The van der Waals surface area contributed by atoms with Crippen LogP contribution in [-0.2, 0) is 16.0 Å². The highest BCUT2D eigenvalue weighted by molar-refractivity contribution is 5.94. The lowest BCUT2D eigenvalue weighted by Gasteiger charge is -2.28. The van der Waals surface area contributed by atoms with E-state index in [4.69, 9.17) is 5.11 Å². The molecule has 0 aliphatic carbocycles. The summed E-state index contributed by atoms with van der Waals surface area (Å²) in [4.78, 5) is 37.9. The number of aliphatic carboxylic acids is 1. The predicted molar refractivity (Wildman–Crippen MR) is 124 cm³/mol. The molecule has 2 amide bonds. The van der Waals surface area contributed by atoms with Gasteiger partial charge in [0.25, 0.3) is 5.91 Å². The first-order valence-corrected chi connectivity index (χ1v) is 11.3. The number of aliphatic hydroxyl groups excluding tert-OH is 1. The third-order valence-corrected chi connectivity index (χ3v) is 5.80. The van der Waals surface area contributed by atoms with Gasteiger partial charge in [0.2, 0.25) is 5.91 Å². The number of hydrogen-bond acceptors (Lipinski definition) is 5. The second-order valence-corrected chi connectivity index (χ2v) is 8.31. The number of rotatable bonds is 10. The molecule has 2 unspecified atom stereocenters. The topological polar surface area (TPSA) is 119 Å². The molecule has 8 heteroatoms. The summed E-state index contributed by atoms with van der Waals surface area (Å²) in [7, 11) is 0. The first kappa shape index (κ1) is 24.4. The second-order valence-electron chi connectivity index (χ2n) is 8.31. The van der Waals surface area contributed by atoms with Gasteiger partial charge in [0.15, 0.2) is 0 Å². The summed E-state index contributed by atoms with van der Waals surface area (Å²) in [6.45, 7) is 0.169. The summed E-state index contributed by atoms with van der Waals surface area (Å²) in [6, 6.07) is 17.2.